The molecule has 0 spiro atoms. The largest absolute Gasteiger partial charge is 0.422 e. The fraction of sp³-hybridized carbons (Fsp3) is 0. The smallest absolute Gasteiger partial charge is 0.344 e. The van der Waals surface area contributed by atoms with E-state index in [0.717, 1.165) is 31.0 Å². The fourth-order valence-corrected chi connectivity index (χ4v) is 3.61. The Hall–Kier alpha value is -2.17. The van der Waals surface area contributed by atoms with Crippen LogP contribution in [0.5, 0.6) is 0 Å². The summed E-state index contributed by atoms with van der Waals surface area (Å²) in [6.45, 7) is 0. The van der Waals surface area contributed by atoms with E-state index < -0.39 is 0 Å². The minimum absolute atomic E-state index is 0.346. The molecule has 0 fully saturated rings. The Morgan fingerprint density at radius 1 is 0.680 bits per heavy atom. The number of fused-ring (bicyclic) bond motifs is 1. The fourth-order valence-electron chi connectivity index (χ4n) is 2.93. The van der Waals surface area contributed by atoms with Gasteiger partial charge in [0.2, 0.25) is 0 Å². The van der Waals surface area contributed by atoms with Gasteiger partial charge >= 0.3 is 5.63 Å². The number of halogens is 2. The zero-order valence-electron chi connectivity index (χ0n) is 13.0. The SMILES string of the molecule is O=c1oc(-c2ccccc2)c(-c2ccccc2)c2cc(Br)c(Br)cc12. The van der Waals surface area contributed by atoms with Crippen LogP contribution in [0.2, 0.25) is 0 Å². The molecule has 4 aromatic rings. The van der Waals surface area contributed by atoms with Gasteiger partial charge in [-0.05, 0) is 49.6 Å². The Kier molecular flexibility index (Phi) is 4.32. The summed E-state index contributed by atoms with van der Waals surface area (Å²) >= 11 is 7.02. The maximum absolute atomic E-state index is 12.6. The van der Waals surface area contributed by atoms with Crippen molar-refractivity contribution in [1.29, 1.82) is 0 Å². The van der Waals surface area contributed by atoms with Crippen LogP contribution in [0.15, 0.2) is 91.0 Å². The number of rotatable bonds is 2. The molecule has 0 amide bonds. The zero-order valence-corrected chi connectivity index (χ0v) is 16.2. The van der Waals surface area contributed by atoms with Gasteiger partial charge in [0, 0.05) is 25.5 Å². The minimum atomic E-state index is -0.346. The quantitative estimate of drug-likeness (QED) is 0.338. The highest BCUT2D eigenvalue weighted by Crippen LogP contribution is 2.39. The van der Waals surface area contributed by atoms with Crippen molar-refractivity contribution in [1.82, 2.24) is 0 Å². The number of hydrogen-bond donors (Lipinski definition) is 0. The van der Waals surface area contributed by atoms with Crippen molar-refractivity contribution in [2.45, 2.75) is 0 Å². The van der Waals surface area contributed by atoms with Crippen molar-refractivity contribution in [3.8, 4) is 22.5 Å². The number of benzene rings is 3. The summed E-state index contributed by atoms with van der Waals surface area (Å²) < 4.78 is 7.47. The molecule has 1 aromatic heterocycles. The van der Waals surface area contributed by atoms with Crippen molar-refractivity contribution in [3.05, 3.63) is 92.2 Å². The van der Waals surface area contributed by atoms with E-state index in [1.54, 1.807) is 6.07 Å². The van der Waals surface area contributed by atoms with E-state index in [-0.39, 0.29) is 5.63 Å². The van der Waals surface area contributed by atoms with Crippen LogP contribution in [-0.4, -0.2) is 0 Å². The molecule has 0 saturated heterocycles. The summed E-state index contributed by atoms with van der Waals surface area (Å²) in [4.78, 5) is 12.6. The Labute approximate surface area is 161 Å². The molecular formula is C21H12Br2O2. The van der Waals surface area contributed by atoms with Gasteiger partial charge in [-0.3, -0.25) is 0 Å². The Morgan fingerprint density at radius 2 is 1.20 bits per heavy atom. The zero-order chi connectivity index (χ0) is 17.4. The molecule has 122 valence electrons. The van der Waals surface area contributed by atoms with Crippen LogP contribution in [0.1, 0.15) is 0 Å². The first-order valence-corrected chi connectivity index (χ1v) is 9.30. The predicted molar refractivity (Wildman–Crippen MR) is 109 cm³/mol. The topological polar surface area (TPSA) is 30.2 Å². The van der Waals surface area contributed by atoms with Crippen LogP contribution in [0.3, 0.4) is 0 Å². The van der Waals surface area contributed by atoms with Gasteiger partial charge in [-0.15, -0.1) is 0 Å². The molecule has 4 rings (SSSR count). The second-order valence-corrected chi connectivity index (χ2v) is 7.35. The second kappa shape index (κ2) is 6.62. The standard InChI is InChI=1S/C21H12Br2O2/c22-17-11-15-16(12-18(17)23)21(24)25-20(14-9-5-2-6-10-14)19(15)13-7-3-1-4-8-13/h1-12H. The van der Waals surface area contributed by atoms with E-state index in [9.17, 15) is 4.79 Å². The third kappa shape index (κ3) is 2.96. The summed E-state index contributed by atoms with van der Waals surface area (Å²) in [5.74, 6) is 0.582. The highest BCUT2D eigenvalue weighted by atomic mass is 79.9. The van der Waals surface area contributed by atoms with Crippen LogP contribution in [0.25, 0.3) is 33.2 Å². The molecule has 0 atom stereocenters. The van der Waals surface area contributed by atoms with Crippen molar-refractivity contribution in [2.24, 2.45) is 0 Å². The summed E-state index contributed by atoms with van der Waals surface area (Å²) in [6.07, 6.45) is 0. The number of hydrogen-bond acceptors (Lipinski definition) is 2. The first kappa shape index (κ1) is 16.3. The molecule has 0 bridgehead atoms. The highest BCUT2D eigenvalue weighted by molar-refractivity contribution is 9.13. The van der Waals surface area contributed by atoms with Crippen LogP contribution in [-0.2, 0) is 0 Å². The molecule has 0 N–H and O–H groups in total. The summed E-state index contributed by atoms with van der Waals surface area (Å²) in [7, 11) is 0. The van der Waals surface area contributed by atoms with Gasteiger partial charge in [-0.2, -0.15) is 0 Å². The average Bonchev–Trinajstić information content (AvgIpc) is 2.65. The lowest BCUT2D eigenvalue weighted by Crippen LogP contribution is -2.03. The molecule has 0 aliphatic carbocycles. The van der Waals surface area contributed by atoms with Gasteiger partial charge in [0.25, 0.3) is 0 Å². The van der Waals surface area contributed by atoms with E-state index in [1.807, 2.05) is 66.7 Å². The molecule has 2 nitrogen and oxygen atoms in total. The van der Waals surface area contributed by atoms with Gasteiger partial charge in [-0.25, -0.2) is 4.79 Å². The van der Waals surface area contributed by atoms with Gasteiger partial charge in [0.05, 0.1) is 5.39 Å². The molecule has 0 saturated carbocycles. The third-order valence-electron chi connectivity index (χ3n) is 4.07. The van der Waals surface area contributed by atoms with Gasteiger partial charge in [0.1, 0.15) is 5.76 Å². The third-order valence-corrected chi connectivity index (χ3v) is 5.91. The molecule has 0 aliphatic heterocycles. The Morgan fingerprint density at radius 3 is 1.80 bits per heavy atom. The molecule has 3 aromatic carbocycles. The van der Waals surface area contributed by atoms with Gasteiger partial charge in [-0.1, -0.05) is 60.7 Å². The molecule has 25 heavy (non-hydrogen) atoms. The van der Waals surface area contributed by atoms with Crippen LogP contribution in [0, 0.1) is 0 Å². The van der Waals surface area contributed by atoms with Gasteiger partial charge in [0.15, 0.2) is 0 Å². The average molecular weight is 456 g/mol. The predicted octanol–water partition coefficient (Wildman–Crippen LogP) is 6.65. The first-order chi connectivity index (χ1) is 12.1. The van der Waals surface area contributed by atoms with Crippen LogP contribution >= 0.6 is 31.9 Å². The lowest BCUT2D eigenvalue weighted by molar-refractivity contribution is 0.536. The van der Waals surface area contributed by atoms with Crippen molar-refractivity contribution >= 4 is 42.6 Å². The normalized spacial score (nSPS) is 11.0. The molecule has 1 heterocycles. The molecular weight excluding hydrogens is 444 g/mol. The van der Waals surface area contributed by atoms with E-state index in [4.69, 9.17) is 4.42 Å². The highest BCUT2D eigenvalue weighted by Gasteiger charge is 2.18. The monoisotopic (exact) mass is 454 g/mol. The van der Waals surface area contributed by atoms with E-state index in [0.29, 0.717) is 11.1 Å². The van der Waals surface area contributed by atoms with E-state index >= 15 is 0 Å². The summed E-state index contributed by atoms with van der Waals surface area (Å²) in [5, 5.41) is 1.41. The lowest BCUT2D eigenvalue weighted by Gasteiger charge is -2.13. The first-order valence-electron chi connectivity index (χ1n) is 7.72. The summed E-state index contributed by atoms with van der Waals surface area (Å²) in [5.41, 5.74) is 2.44. The molecule has 4 heteroatoms. The second-order valence-electron chi connectivity index (χ2n) is 5.64. The maximum Gasteiger partial charge on any atom is 0.344 e. The minimum Gasteiger partial charge on any atom is -0.422 e. The van der Waals surface area contributed by atoms with Crippen molar-refractivity contribution in [2.75, 3.05) is 0 Å². The van der Waals surface area contributed by atoms with Crippen molar-refractivity contribution < 1.29 is 4.42 Å². The molecule has 0 aliphatic rings. The Balaban J connectivity index is 2.19. The molecule has 0 radical (unpaired) electrons. The maximum atomic E-state index is 12.6. The van der Waals surface area contributed by atoms with E-state index in [1.165, 1.54) is 0 Å². The molecule has 0 unspecified atom stereocenters. The summed E-state index contributed by atoms with van der Waals surface area (Å²) in [6, 6.07) is 23.5. The Bertz CT molecular complexity index is 1120. The van der Waals surface area contributed by atoms with E-state index in [2.05, 4.69) is 31.9 Å². The van der Waals surface area contributed by atoms with Crippen LogP contribution in [0.4, 0.5) is 0 Å². The van der Waals surface area contributed by atoms with Gasteiger partial charge < -0.3 is 4.42 Å². The lowest BCUT2D eigenvalue weighted by atomic mass is 9.95. The van der Waals surface area contributed by atoms with Crippen molar-refractivity contribution in [3.63, 3.8) is 0 Å². The van der Waals surface area contributed by atoms with Crippen LogP contribution < -0.4 is 5.63 Å².